The van der Waals surface area contributed by atoms with Crippen molar-refractivity contribution in [3.05, 3.63) is 12.2 Å². The lowest BCUT2D eigenvalue weighted by atomic mass is 10.4. The van der Waals surface area contributed by atoms with Crippen molar-refractivity contribution in [2.45, 2.75) is 6.17 Å². The van der Waals surface area contributed by atoms with Gasteiger partial charge in [-0.05, 0) is 11.2 Å². The maximum Gasteiger partial charge on any atom is 0.296 e. The molecule has 0 amide bonds. The van der Waals surface area contributed by atoms with E-state index in [1.54, 1.807) is 17.1 Å². The number of hydrogen-bond acceptors (Lipinski definition) is 2. The Hall–Kier alpha value is -1.25. The fourth-order valence-corrected chi connectivity index (χ4v) is 0.861. The minimum Gasteiger partial charge on any atom is -0.213 e. The van der Waals surface area contributed by atoms with E-state index in [9.17, 15) is 0 Å². The van der Waals surface area contributed by atoms with E-state index in [0.29, 0.717) is 0 Å². The standard InChI is InChI=1S/C6H6N3/c1-2-6-7-4-5-9(6)8-3-1/h1-6H/q+1. The van der Waals surface area contributed by atoms with Crippen LogP contribution in [0.1, 0.15) is 0 Å². The van der Waals surface area contributed by atoms with Gasteiger partial charge >= 0.3 is 0 Å². The molecule has 0 bridgehead atoms. The summed E-state index contributed by atoms with van der Waals surface area (Å²) in [7, 11) is 0. The number of hydrazone groups is 1. The quantitative estimate of drug-likeness (QED) is 0.404. The molecule has 0 radical (unpaired) electrons. The van der Waals surface area contributed by atoms with Gasteiger partial charge in [0.1, 0.15) is 0 Å². The summed E-state index contributed by atoms with van der Waals surface area (Å²) in [4.78, 5) is 4.10. The normalized spacial score (nSPS) is 28.4. The molecule has 1 unspecified atom stereocenters. The number of nitrogens with zero attached hydrogens (tertiary/aromatic N) is 3. The topological polar surface area (TPSA) is 27.7 Å². The Kier molecular flexibility index (Phi) is 0.828. The van der Waals surface area contributed by atoms with Crippen LogP contribution in [-0.4, -0.2) is 29.5 Å². The second-order valence-electron chi connectivity index (χ2n) is 1.89. The second-order valence-corrected chi connectivity index (χ2v) is 1.89. The van der Waals surface area contributed by atoms with Gasteiger partial charge in [-0.2, -0.15) is 0 Å². The van der Waals surface area contributed by atoms with E-state index in [-0.39, 0.29) is 6.17 Å². The van der Waals surface area contributed by atoms with Gasteiger partial charge in [0.05, 0.1) is 12.4 Å². The highest BCUT2D eigenvalue weighted by atomic mass is 15.4. The summed E-state index contributed by atoms with van der Waals surface area (Å²) >= 11 is 0. The third-order valence-corrected chi connectivity index (χ3v) is 1.30. The highest BCUT2D eigenvalue weighted by molar-refractivity contribution is 6.14. The number of rotatable bonds is 0. The van der Waals surface area contributed by atoms with Crippen molar-refractivity contribution < 1.29 is 4.68 Å². The zero-order valence-corrected chi connectivity index (χ0v) is 4.81. The summed E-state index contributed by atoms with van der Waals surface area (Å²) in [5.74, 6) is 0. The molecule has 0 aromatic heterocycles. The van der Waals surface area contributed by atoms with Crippen molar-refractivity contribution in [1.82, 2.24) is 0 Å². The van der Waals surface area contributed by atoms with E-state index in [2.05, 4.69) is 10.1 Å². The molecule has 2 rings (SSSR count). The summed E-state index contributed by atoms with van der Waals surface area (Å²) in [5, 5.41) is 4.03. The van der Waals surface area contributed by atoms with Crippen molar-refractivity contribution in [2.24, 2.45) is 10.1 Å². The Morgan fingerprint density at radius 3 is 3.22 bits per heavy atom. The SMILES string of the molecule is C1=CC2N=CC=[N+]2N=C1. The molecule has 1 atom stereocenters. The zero-order valence-electron chi connectivity index (χ0n) is 4.81. The molecule has 9 heavy (non-hydrogen) atoms. The van der Waals surface area contributed by atoms with Gasteiger partial charge in [0.2, 0.25) is 6.21 Å². The first-order chi connectivity index (χ1) is 4.47. The lowest BCUT2D eigenvalue weighted by molar-refractivity contribution is -0.549. The molecule has 0 aromatic carbocycles. The Morgan fingerprint density at radius 2 is 2.33 bits per heavy atom. The molecule has 3 heteroatoms. The number of hydrogen-bond donors (Lipinski definition) is 0. The molecule has 0 saturated heterocycles. The van der Waals surface area contributed by atoms with E-state index in [0.717, 1.165) is 0 Å². The average Bonchev–Trinajstić information content (AvgIpc) is 2.33. The molecule has 0 saturated carbocycles. The molecular formula is C6H6N3+. The summed E-state index contributed by atoms with van der Waals surface area (Å²) in [6, 6.07) is 0. The number of aliphatic imine (C=N–C) groups is 1. The van der Waals surface area contributed by atoms with E-state index in [1.807, 2.05) is 18.4 Å². The summed E-state index contributed by atoms with van der Waals surface area (Å²) in [6.07, 6.45) is 9.39. The first kappa shape index (κ1) is 4.61. The van der Waals surface area contributed by atoms with Crippen molar-refractivity contribution in [3.63, 3.8) is 0 Å². The van der Waals surface area contributed by atoms with Crippen LogP contribution in [0.3, 0.4) is 0 Å². The molecule has 2 aliphatic rings. The fraction of sp³-hybridized carbons (Fsp3) is 0.167. The summed E-state index contributed by atoms with van der Waals surface area (Å²) in [6.45, 7) is 0. The van der Waals surface area contributed by atoms with Crippen LogP contribution in [0.25, 0.3) is 0 Å². The predicted molar refractivity (Wildman–Crippen MR) is 36.2 cm³/mol. The Balaban J connectivity index is 2.40. The molecule has 0 aliphatic carbocycles. The molecule has 3 nitrogen and oxygen atoms in total. The third-order valence-electron chi connectivity index (χ3n) is 1.30. The molecule has 0 aromatic rings. The monoisotopic (exact) mass is 120 g/mol. The van der Waals surface area contributed by atoms with Gasteiger partial charge in [-0.1, -0.05) is 4.68 Å². The van der Waals surface area contributed by atoms with Gasteiger partial charge < -0.3 is 0 Å². The minimum atomic E-state index is 0.134. The lowest BCUT2D eigenvalue weighted by Crippen LogP contribution is -2.16. The van der Waals surface area contributed by atoms with Crippen molar-refractivity contribution >= 4 is 18.6 Å². The van der Waals surface area contributed by atoms with Crippen LogP contribution in [0, 0.1) is 0 Å². The number of fused-ring (bicyclic) bond motifs is 1. The van der Waals surface area contributed by atoms with Gasteiger partial charge in [0.15, 0.2) is 0 Å². The van der Waals surface area contributed by atoms with Crippen LogP contribution in [0.5, 0.6) is 0 Å². The molecule has 44 valence electrons. The van der Waals surface area contributed by atoms with Crippen LogP contribution in [0.4, 0.5) is 0 Å². The van der Waals surface area contributed by atoms with Crippen LogP contribution in [0.2, 0.25) is 0 Å². The first-order valence-electron chi connectivity index (χ1n) is 2.82. The van der Waals surface area contributed by atoms with Crippen LogP contribution >= 0.6 is 0 Å². The highest BCUT2D eigenvalue weighted by Crippen LogP contribution is 2.02. The first-order valence-corrected chi connectivity index (χ1v) is 2.82. The Labute approximate surface area is 52.7 Å². The molecule has 0 spiro atoms. The van der Waals surface area contributed by atoms with Gasteiger partial charge in [-0.25, -0.2) is 4.99 Å². The third kappa shape index (κ3) is 0.614. The van der Waals surface area contributed by atoms with Crippen molar-refractivity contribution in [2.75, 3.05) is 0 Å². The average molecular weight is 120 g/mol. The highest BCUT2D eigenvalue weighted by Gasteiger charge is 2.20. The van der Waals surface area contributed by atoms with Gasteiger partial charge in [-0.15, -0.1) is 0 Å². The van der Waals surface area contributed by atoms with Crippen molar-refractivity contribution in [1.29, 1.82) is 0 Å². The Morgan fingerprint density at radius 1 is 1.33 bits per heavy atom. The van der Waals surface area contributed by atoms with Crippen LogP contribution < -0.4 is 0 Å². The van der Waals surface area contributed by atoms with E-state index >= 15 is 0 Å². The van der Waals surface area contributed by atoms with Crippen LogP contribution in [-0.2, 0) is 0 Å². The molecule has 0 N–H and O–H groups in total. The smallest absolute Gasteiger partial charge is 0.213 e. The van der Waals surface area contributed by atoms with E-state index in [1.165, 1.54) is 0 Å². The van der Waals surface area contributed by atoms with Gasteiger partial charge in [0, 0.05) is 6.08 Å². The Bertz CT molecular complexity index is 235. The van der Waals surface area contributed by atoms with Crippen molar-refractivity contribution in [3.8, 4) is 0 Å². The summed E-state index contributed by atoms with van der Waals surface area (Å²) < 4.78 is 1.81. The van der Waals surface area contributed by atoms with E-state index in [4.69, 9.17) is 0 Å². The maximum atomic E-state index is 4.10. The van der Waals surface area contributed by atoms with Gasteiger partial charge in [0.25, 0.3) is 6.17 Å². The van der Waals surface area contributed by atoms with Crippen LogP contribution in [0.15, 0.2) is 22.2 Å². The zero-order chi connectivity index (χ0) is 6.10. The molecular weight excluding hydrogens is 114 g/mol. The second kappa shape index (κ2) is 1.62. The maximum absolute atomic E-state index is 4.10. The lowest BCUT2D eigenvalue weighted by Gasteiger charge is -1.97. The predicted octanol–water partition coefficient (Wildman–Crippen LogP) is 0.0358. The molecule has 2 heterocycles. The number of allylic oxidation sites excluding steroid dienone is 1. The molecule has 2 aliphatic heterocycles. The largest absolute Gasteiger partial charge is 0.296 e. The van der Waals surface area contributed by atoms with Gasteiger partial charge in [-0.3, -0.25) is 0 Å². The van der Waals surface area contributed by atoms with E-state index < -0.39 is 0 Å². The fourth-order valence-electron chi connectivity index (χ4n) is 0.861. The minimum absolute atomic E-state index is 0.134. The molecule has 0 fully saturated rings. The summed E-state index contributed by atoms with van der Waals surface area (Å²) in [5.41, 5.74) is 0.